The summed E-state index contributed by atoms with van der Waals surface area (Å²) in [6.07, 6.45) is 0. The molecule has 3 aromatic rings. The van der Waals surface area contributed by atoms with Gasteiger partial charge in [0.05, 0.1) is 29.1 Å². The molecule has 1 aliphatic rings. The summed E-state index contributed by atoms with van der Waals surface area (Å²) in [4.78, 5) is 29.7. The van der Waals surface area contributed by atoms with Crippen LogP contribution in [0.3, 0.4) is 0 Å². The highest BCUT2D eigenvalue weighted by molar-refractivity contribution is 7.80. The van der Waals surface area contributed by atoms with Crippen molar-refractivity contribution in [2.75, 3.05) is 43.5 Å². The van der Waals surface area contributed by atoms with Crippen LogP contribution in [0.4, 0.5) is 11.4 Å². The van der Waals surface area contributed by atoms with Crippen molar-refractivity contribution in [2.45, 2.75) is 0 Å². The zero-order valence-corrected chi connectivity index (χ0v) is 22.8. The Morgan fingerprint density at radius 2 is 1.59 bits per heavy atom. The van der Waals surface area contributed by atoms with Gasteiger partial charge in [0, 0.05) is 41.8 Å². The molecule has 0 atom stereocenters. The fourth-order valence-corrected chi connectivity index (χ4v) is 4.94. The van der Waals surface area contributed by atoms with Crippen molar-refractivity contribution in [2.24, 2.45) is 0 Å². The zero-order chi connectivity index (χ0) is 26.5. The van der Waals surface area contributed by atoms with E-state index in [9.17, 15) is 9.59 Å². The summed E-state index contributed by atoms with van der Waals surface area (Å²) in [6.45, 7) is 2.39. The number of hydrogen-bond donors (Lipinski definition) is 2. The Kier molecular flexibility index (Phi) is 8.76. The highest BCUT2D eigenvalue weighted by atomic mass is 35.5. The maximum Gasteiger partial charge on any atom is 0.261 e. The van der Waals surface area contributed by atoms with E-state index in [-0.39, 0.29) is 27.4 Å². The van der Waals surface area contributed by atoms with Gasteiger partial charge in [-0.1, -0.05) is 46.9 Å². The van der Waals surface area contributed by atoms with Gasteiger partial charge >= 0.3 is 0 Å². The number of thiocarbonyl (C=S) groups is 1. The van der Waals surface area contributed by atoms with Gasteiger partial charge < -0.3 is 19.9 Å². The molecular weight excluding hydrogens is 555 g/mol. The minimum absolute atomic E-state index is 0.0248. The lowest BCUT2D eigenvalue weighted by Crippen LogP contribution is -2.49. The van der Waals surface area contributed by atoms with Crippen LogP contribution in [0.5, 0.6) is 5.75 Å². The predicted molar refractivity (Wildman–Crippen MR) is 153 cm³/mol. The number of carbonyl (C=O) groups is 2. The first-order valence-electron chi connectivity index (χ1n) is 11.3. The van der Waals surface area contributed by atoms with Gasteiger partial charge in [0.15, 0.2) is 5.11 Å². The van der Waals surface area contributed by atoms with Crippen molar-refractivity contribution in [3.05, 3.63) is 86.9 Å². The van der Waals surface area contributed by atoms with Gasteiger partial charge in [0.25, 0.3) is 11.8 Å². The van der Waals surface area contributed by atoms with Crippen LogP contribution in [0.15, 0.2) is 60.7 Å². The molecule has 37 heavy (non-hydrogen) atoms. The average molecular weight is 578 g/mol. The average Bonchev–Trinajstić information content (AvgIpc) is 2.88. The highest BCUT2D eigenvalue weighted by Gasteiger charge is 2.24. The number of nitrogens with one attached hydrogen (secondary N) is 2. The molecule has 0 spiro atoms. The third kappa shape index (κ3) is 6.45. The second kappa shape index (κ2) is 12.0. The van der Waals surface area contributed by atoms with Crippen LogP contribution in [0.2, 0.25) is 15.1 Å². The number of anilines is 2. The molecule has 0 aromatic heterocycles. The molecule has 2 N–H and O–H groups in total. The van der Waals surface area contributed by atoms with E-state index in [0.29, 0.717) is 41.8 Å². The quantitative estimate of drug-likeness (QED) is 0.377. The van der Waals surface area contributed by atoms with E-state index in [0.717, 1.165) is 11.4 Å². The van der Waals surface area contributed by atoms with Crippen LogP contribution < -0.4 is 20.3 Å². The Hall–Kier alpha value is -3.04. The van der Waals surface area contributed by atoms with Gasteiger partial charge in [-0.25, -0.2) is 0 Å². The number of ether oxygens (including phenoxy) is 1. The SMILES string of the molecule is COc1c(Cl)cc(Cl)cc1C(=O)NC(=S)Nc1ccccc1N1CCN(C(=O)c2ccc(Cl)cc2)CC1. The van der Waals surface area contributed by atoms with Crippen LogP contribution in [-0.4, -0.2) is 55.1 Å². The fraction of sp³-hybridized carbons (Fsp3) is 0.192. The topological polar surface area (TPSA) is 73.9 Å². The smallest absolute Gasteiger partial charge is 0.261 e. The van der Waals surface area contributed by atoms with Gasteiger partial charge in [-0.15, -0.1) is 0 Å². The van der Waals surface area contributed by atoms with Crippen LogP contribution in [0.25, 0.3) is 0 Å². The number of para-hydroxylation sites is 2. The lowest BCUT2D eigenvalue weighted by Gasteiger charge is -2.37. The van der Waals surface area contributed by atoms with E-state index in [2.05, 4.69) is 15.5 Å². The molecule has 0 unspecified atom stereocenters. The Balaban J connectivity index is 1.41. The monoisotopic (exact) mass is 576 g/mol. The molecule has 11 heteroatoms. The summed E-state index contributed by atoms with van der Waals surface area (Å²) in [5.41, 5.74) is 2.40. The first-order chi connectivity index (χ1) is 17.8. The predicted octanol–water partition coefficient (Wildman–Crippen LogP) is 5.74. The minimum atomic E-state index is -0.509. The van der Waals surface area contributed by atoms with Crippen LogP contribution >= 0.6 is 47.0 Å². The number of nitrogens with zero attached hydrogens (tertiary/aromatic N) is 2. The van der Waals surface area contributed by atoms with Gasteiger partial charge in [-0.3, -0.25) is 14.9 Å². The summed E-state index contributed by atoms with van der Waals surface area (Å²) in [5.74, 6) is -0.327. The van der Waals surface area contributed by atoms with Crippen LogP contribution in [0, 0.1) is 0 Å². The van der Waals surface area contributed by atoms with Gasteiger partial charge in [-0.05, 0) is 60.7 Å². The molecule has 7 nitrogen and oxygen atoms in total. The minimum Gasteiger partial charge on any atom is -0.494 e. The Bertz CT molecular complexity index is 1330. The Morgan fingerprint density at radius 1 is 0.919 bits per heavy atom. The van der Waals surface area contributed by atoms with Crippen molar-refractivity contribution < 1.29 is 14.3 Å². The number of rotatable bonds is 5. The van der Waals surface area contributed by atoms with Gasteiger partial charge in [0.1, 0.15) is 5.75 Å². The number of benzene rings is 3. The maximum atomic E-state index is 12.9. The second-order valence-electron chi connectivity index (χ2n) is 8.18. The zero-order valence-electron chi connectivity index (χ0n) is 19.8. The normalized spacial score (nSPS) is 13.2. The second-order valence-corrected chi connectivity index (χ2v) is 9.87. The molecule has 192 valence electrons. The summed E-state index contributed by atoms with van der Waals surface area (Å²) in [6, 6.07) is 17.5. The molecule has 1 fully saturated rings. The lowest BCUT2D eigenvalue weighted by molar-refractivity contribution is 0.0746. The standard InChI is InChI=1S/C26H23Cl3N4O3S/c1-36-23-19(14-18(28)15-20(23)29)24(34)31-26(37)30-21-4-2-3-5-22(21)32-10-12-33(13-11-32)25(35)16-6-8-17(27)9-7-16/h2-9,14-15H,10-13H2,1H3,(H2,30,31,34,37). The summed E-state index contributed by atoms with van der Waals surface area (Å²) in [5, 5.41) is 6.97. The summed E-state index contributed by atoms with van der Waals surface area (Å²) >= 11 is 23.6. The molecule has 1 heterocycles. The number of methoxy groups -OCH3 is 1. The number of halogens is 3. The number of carbonyl (C=O) groups excluding carboxylic acids is 2. The molecular formula is C26H23Cl3N4O3S. The van der Waals surface area contributed by atoms with Gasteiger partial charge in [0.2, 0.25) is 0 Å². The van der Waals surface area contributed by atoms with E-state index in [4.69, 9.17) is 51.8 Å². The van der Waals surface area contributed by atoms with E-state index in [1.54, 1.807) is 24.3 Å². The Labute approximate surface area is 235 Å². The maximum absolute atomic E-state index is 12.9. The number of hydrogen-bond acceptors (Lipinski definition) is 5. The van der Waals surface area contributed by atoms with Gasteiger partial charge in [-0.2, -0.15) is 0 Å². The fourth-order valence-electron chi connectivity index (χ4n) is 4.04. The van der Waals surface area contributed by atoms with Crippen molar-refractivity contribution >= 4 is 75.3 Å². The van der Waals surface area contributed by atoms with Crippen molar-refractivity contribution in [1.29, 1.82) is 0 Å². The third-order valence-electron chi connectivity index (χ3n) is 5.84. The molecule has 0 bridgehead atoms. The number of amides is 2. The molecule has 0 saturated carbocycles. The largest absolute Gasteiger partial charge is 0.494 e. The van der Waals surface area contributed by atoms with E-state index in [1.165, 1.54) is 19.2 Å². The van der Waals surface area contributed by atoms with E-state index >= 15 is 0 Å². The van der Waals surface area contributed by atoms with Crippen LogP contribution in [0.1, 0.15) is 20.7 Å². The molecule has 2 amide bonds. The molecule has 3 aromatic carbocycles. The van der Waals surface area contributed by atoms with Crippen molar-refractivity contribution in [3.63, 3.8) is 0 Å². The Morgan fingerprint density at radius 3 is 2.27 bits per heavy atom. The van der Waals surface area contributed by atoms with Crippen molar-refractivity contribution in [1.82, 2.24) is 10.2 Å². The molecule has 1 saturated heterocycles. The van der Waals surface area contributed by atoms with E-state index < -0.39 is 5.91 Å². The first-order valence-corrected chi connectivity index (χ1v) is 12.8. The highest BCUT2D eigenvalue weighted by Crippen LogP contribution is 2.32. The lowest BCUT2D eigenvalue weighted by atomic mass is 10.1. The van der Waals surface area contributed by atoms with E-state index in [1.807, 2.05) is 29.2 Å². The van der Waals surface area contributed by atoms with Crippen LogP contribution in [-0.2, 0) is 0 Å². The molecule has 0 radical (unpaired) electrons. The number of piperazine rings is 1. The first kappa shape index (κ1) is 27.0. The summed E-state index contributed by atoms with van der Waals surface area (Å²) < 4.78 is 5.25. The summed E-state index contributed by atoms with van der Waals surface area (Å²) in [7, 11) is 1.42. The third-order valence-corrected chi connectivity index (χ3v) is 6.79. The molecule has 0 aliphatic carbocycles. The molecule has 1 aliphatic heterocycles. The van der Waals surface area contributed by atoms with Crippen molar-refractivity contribution in [3.8, 4) is 5.75 Å². The molecule has 4 rings (SSSR count).